The predicted octanol–water partition coefficient (Wildman–Crippen LogP) is 1.87. The van der Waals surface area contributed by atoms with Crippen molar-refractivity contribution in [1.29, 1.82) is 0 Å². The molecule has 0 saturated carbocycles. The van der Waals surface area contributed by atoms with Gasteiger partial charge in [0.2, 0.25) is 5.78 Å². The zero-order valence-corrected chi connectivity index (χ0v) is 16.8. The van der Waals surface area contributed by atoms with Gasteiger partial charge in [0.1, 0.15) is 0 Å². The molecule has 0 fully saturated rings. The molecule has 1 aromatic carbocycles. The maximum atomic E-state index is 12.6. The number of rotatable bonds is 4. The lowest BCUT2D eigenvalue weighted by atomic mass is 10.3. The zero-order chi connectivity index (χ0) is 19.3. The molecule has 0 radical (unpaired) electrons. The van der Waals surface area contributed by atoms with Crippen LogP contribution in [-0.2, 0) is 20.6 Å². The van der Waals surface area contributed by atoms with E-state index in [4.69, 9.17) is 0 Å². The van der Waals surface area contributed by atoms with Crippen molar-refractivity contribution in [1.82, 2.24) is 23.1 Å². The molecule has 0 aliphatic carbocycles. The first-order valence-corrected chi connectivity index (χ1v) is 9.31. The second-order valence-corrected chi connectivity index (χ2v) is 7.43. The Morgan fingerprint density at radius 1 is 1.11 bits per heavy atom. The molecule has 0 aliphatic heterocycles. The SMILES string of the molecule is Cc1cn2c3c(=O)n(C)c(=O)n(C)c3nc2n1CCNc1ccc(Br)cc1. The van der Waals surface area contributed by atoms with Crippen molar-refractivity contribution >= 4 is 38.6 Å². The summed E-state index contributed by atoms with van der Waals surface area (Å²) in [4.78, 5) is 29.3. The monoisotopic (exact) mass is 430 g/mol. The molecule has 8 nitrogen and oxygen atoms in total. The van der Waals surface area contributed by atoms with Crippen molar-refractivity contribution in [3.63, 3.8) is 0 Å². The summed E-state index contributed by atoms with van der Waals surface area (Å²) in [5, 5.41) is 3.38. The number of imidazole rings is 2. The van der Waals surface area contributed by atoms with Gasteiger partial charge in [-0.1, -0.05) is 15.9 Å². The van der Waals surface area contributed by atoms with E-state index >= 15 is 0 Å². The molecule has 0 aliphatic rings. The largest absolute Gasteiger partial charge is 0.383 e. The van der Waals surface area contributed by atoms with Gasteiger partial charge in [0.05, 0.1) is 0 Å². The van der Waals surface area contributed by atoms with Crippen LogP contribution in [0.15, 0.2) is 44.5 Å². The van der Waals surface area contributed by atoms with E-state index in [2.05, 4.69) is 26.2 Å². The number of benzene rings is 1. The Morgan fingerprint density at radius 2 is 1.81 bits per heavy atom. The Balaban J connectivity index is 1.73. The fraction of sp³-hybridized carbons (Fsp3) is 0.278. The van der Waals surface area contributed by atoms with Crippen molar-refractivity contribution in [3.8, 4) is 0 Å². The number of halogens is 1. The number of fused-ring (bicyclic) bond motifs is 3. The van der Waals surface area contributed by atoms with E-state index in [0.29, 0.717) is 30.0 Å². The van der Waals surface area contributed by atoms with Crippen LogP contribution in [0.3, 0.4) is 0 Å². The van der Waals surface area contributed by atoms with Crippen LogP contribution >= 0.6 is 15.9 Å². The molecular weight excluding hydrogens is 412 g/mol. The van der Waals surface area contributed by atoms with Gasteiger partial charge in [0.15, 0.2) is 11.2 Å². The summed E-state index contributed by atoms with van der Waals surface area (Å²) < 4.78 is 7.36. The van der Waals surface area contributed by atoms with Crippen molar-refractivity contribution < 1.29 is 0 Å². The molecule has 3 aromatic heterocycles. The van der Waals surface area contributed by atoms with Crippen LogP contribution in [0.4, 0.5) is 5.69 Å². The fourth-order valence-corrected chi connectivity index (χ4v) is 3.55. The summed E-state index contributed by atoms with van der Waals surface area (Å²) in [6.07, 6.45) is 1.89. The highest BCUT2D eigenvalue weighted by Gasteiger charge is 2.18. The quantitative estimate of drug-likeness (QED) is 0.535. The van der Waals surface area contributed by atoms with E-state index in [-0.39, 0.29) is 11.2 Å². The molecule has 4 rings (SSSR count). The van der Waals surface area contributed by atoms with Gasteiger partial charge in [-0.2, -0.15) is 4.98 Å². The number of aromatic nitrogens is 5. The van der Waals surface area contributed by atoms with E-state index in [9.17, 15) is 9.59 Å². The van der Waals surface area contributed by atoms with Crippen LogP contribution in [0.2, 0.25) is 0 Å². The standard InChI is InChI=1S/C18H19BrN6O2/c1-11-10-25-14-15(22(2)18(27)23(3)16(14)26)21-17(25)24(11)9-8-20-13-6-4-12(19)5-7-13/h4-7,10,20H,8-9H2,1-3H3. The first-order valence-electron chi connectivity index (χ1n) is 8.52. The summed E-state index contributed by atoms with van der Waals surface area (Å²) in [5.74, 6) is 0.651. The van der Waals surface area contributed by atoms with Crippen molar-refractivity contribution in [2.45, 2.75) is 13.5 Å². The Kier molecular flexibility index (Phi) is 4.18. The van der Waals surface area contributed by atoms with E-state index in [1.54, 1.807) is 11.4 Å². The third kappa shape index (κ3) is 2.78. The molecular formula is C18H19BrN6O2. The summed E-state index contributed by atoms with van der Waals surface area (Å²) >= 11 is 3.43. The maximum Gasteiger partial charge on any atom is 0.332 e. The van der Waals surface area contributed by atoms with Crippen LogP contribution < -0.4 is 16.6 Å². The predicted molar refractivity (Wildman–Crippen MR) is 109 cm³/mol. The number of nitrogens with one attached hydrogen (secondary N) is 1. The van der Waals surface area contributed by atoms with Crippen LogP contribution in [0, 0.1) is 6.92 Å². The third-order valence-electron chi connectivity index (χ3n) is 4.76. The van der Waals surface area contributed by atoms with Crippen molar-refractivity contribution in [2.75, 3.05) is 11.9 Å². The number of hydrogen-bond acceptors (Lipinski definition) is 4. The molecule has 1 N–H and O–H groups in total. The maximum absolute atomic E-state index is 12.6. The minimum Gasteiger partial charge on any atom is -0.383 e. The van der Waals surface area contributed by atoms with Gasteiger partial charge in [-0.25, -0.2) is 4.79 Å². The first kappa shape index (κ1) is 17.6. The van der Waals surface area contributed by atoms with Gasteiger partial charge in [-0.05, 0) is 31.2 Å². The zero-order valence-electron chi connectivity index (χ0n) is 15.2. The molecule has 140 valence electrons. The van der Waals surface area contributed by atoms with Gasteiger partial charge >= 0.3 is 5.69 Å². The molecule has 0 atom stereocenters. The highest BCUT2D eigenvalue weighted by Crippen LogP contribution is 2.17. The summed E-state index contributed by atoms with van der Waals surface area (Å²) in [6, 6.07) is 7.98. The van der Waals surface area contributed by atoms with Crippen LogP contribution in [0.5, 0.6) is 0 Å². The smallest absolute Gasteiger partial charge is 0.332 e. The lowest BCUT2D eigenvalue weighted by Gasteiger charge is -2.09. The van der Waals surface area contributed by atoms with Gasteiger partial charge in [0, 0.05) is 49.2 Å². The van der Waals surface area contributed by atoms with Crippen LogP contribution in [0.25, 0.3) is 16.9 Å². The molecule has 0 saturated heterocycles. The van der Waals surface area contributed by atoms with E-state index in [0.717, 1.165) is 20.4 Å². The average Bonchev–Trinajstić information content (AvgIpc) is 3.16. The second kappa shape index (κ2) is 6.41. The molecule has 0 amide bonds. The average molecular weight is 431 g/mol. The van der Waals surface area contributed by atoms with Gasteiger partial charge < -0.3 is 9.88 Å². The van der Waals surface area contributed by atoms with Gasteiger partial charge in [0.25, 0.3) is 5.56 Å². The topological polar surface area (TPSA) is 78.3 Å². The molecule has 9 heteroatoms. The lowest BCUT2D eigenvalue weighted by molar-refractivity contribution is 0.706. The van der Waals surface area contributed by atoms with E-state index in [1.807, 2.05) is 42.0 Å². The van der Waals surface area contributed by atoms with E-state index < -0.39 is 0 Å². The third-order valence-corrected chi connectivity index (χ3v) is 5.29. The lowest BCUT2D eigenvalue weighted by Crippen LogP contribution is -2.37. The number of aryl methyl sites for hydroxylation is 2. The highest BCUT2D eigenvalue weighted by molar-refractivity contribution is 9.10. The van der Waals surface area contributed by atoms with Crippen LogP contribution in [-0.4, -0.2) is 29.6 Å². The van der Waals surface area contributed by atoms with Crippen molar-refractivity contribution in [2.24, 2.45) is 14.1 Å². The molecule has 27 heavy (non-hydrogen) atoms. The number of anilines is 1. The minimum absolute atomic E-state index is 0.342. The first-order chi connectivity index (χ1) is 12.9. The van der Waals surface area contributed by atoms with Gasteiger partial charge in [-0.15, -0.1) is 0 Å². The Labute approximate surface area is 162 Å². The number of nitrogens with zero attached hydrogens (tertiary/aromatic N) is 5. The Morgan fingerprint density at radius 3 is 2.52 bits per heavy atom. The Bertz CT molecular complexity index is 1280. The molecule has 0 bridgehead atoms. The molecule has 0 spiro atoms. The van der Waals surface area contributed by atoms with Crippen LogP contribution in [0.1, 0.15) is 5.69 Å². The minimum atomic E-state index is -0.381. The molecule has 3 heterocycles. The normalized spacial score (nSPS) is 11.6. The Hall–Kier alpha value is -2.81. The van der Waals surface area contributed by atoms with Crippen molar-refractivity contribution in [3.05, 3.63) is 61.5 Å². The second-order valence-electron chi connectivity index (χ2n) is 6.52. The summed E-state index contributed by atoms with van der Waals surface area (Å²) in [7, 11) is 3.11. The highest BCUT2D eigenvalue weighted by atomic mass is 79.9. The van der Waals surface area contributed by atoms with E-state index in [1.165, 1.54) is 11.6 Å². The van der Waals surface area contributed by atoms with Gasteiger partial charge in [-0.3, -0.25) is 18.3 Å². The number of hydrogen-bond donors (Lipinski definition) is 1. The molecule has 4 aromatic rings. The summed E-state index contributed by atoms with van der Waals surface area (Å²) in [6.45, 7) is 3.36. The fourth-order valence-electron chi connectivity index (χ4n) is 3.29. The molecule has 0 unspecified atom stereocenters. The summed E-state index contributed by atoms with van der Waals surface area (Å²) in [5.41, 5.74) is 2.11.